The van der Waals surface area contributed by atoms with Crippen molar-refractivity contribution < 1.29 is 9.28 Å². The molecule has 3 heteroatoms. The molecular weight excluding hydrogens is 164 g/mol. The number of nitrogens with one attached hydrogen (secondary N) is 1. The van der Waals surface area contributed by atoms with Gasteiger partial charge in [-0.15, -0.1) is 0 Å². The third-order valence-corrected chi connectivity index (χ3v) is 3.83. The normalized spacial score (nSPS) is 43.2. The number of rotatable bonds is 1. The van der Waals surface area contributed by atoms with Crippen LogP contribution in [-0.4, -0.2) is 42.6 Å². The minimum absolute atomic E-state index is 0.137. The summed E-state index contributed by atoms with van der Waals surface area (Å²) in [6, 6.07) is 0. The minimum Gasteiger partial charge on any atom is -0.350 e. The Labute approximate surface area is 79.7 Å². The van der Waals surface area contributed by atoms with E-state index in [1.165, 1.54) is 43.4 Å². The second-order valence-electron chi connectivity index (χ2n) is 5.00. The first kappa shape index (κ1) is 9.00. The number of quaternary nitrogens is 1. The van der Waals surface area contributed by atoms with Crippen LogP contribution >= 0.6 is 0 Å². The standard InChI is InChI=1S/C10H18N2O/c1-9(13)11-10-3-6-12(2,7-4-10)8-5-10/h3-8H2,1-2H3/p+1. The number of carbonyl (C=O) groups excluding carboxylic acids is 1. The Kier molecular flexibility index (Phi) is 1.88. The summed E-state index contributed by atoms with van der Waals surface area (Å²) in [5, 5.41) is 3.15. The third-order valence-electron chi connectivity index (χ3n) is 3.83. The smallest absolute Gasteiger partial charge is 0.217 e. The first-order valence-electron chi connectivity index (χ1n) is 5.16. The van der Waals surface area contributed by atoms with Crippen LogP contribution in [0.4, 0.5) is 0 Å². The molecule has 3 fully saturated rings. The molecular formula is C10H19N2O+. The molecule has 0 atom stereocenters. The van der Waals surface area contributed by atoms with Crippen molar-refractivity contribution in [1.82, 2.24) is 5.32 Å². The summed E-state index contributed by atoms with van der Waals surface area (Å²) in [5.74, 6) is 0.137. The summed E-state index contributed by atoms with van der Waals surface area (Å²) in [5.41, 5.74) is 0.168. The van der Waals surface area contributed by atoms with Crippen molar-refractivity contribution in [3.63, 3.8) is 0 Å². The zero-order valence-corrected chi connectivity index (χ0v) is 8.60. The molecule has 0 aromatic carbocycles. The van der Waals surface area contributed by atoms with Crippen LogP contribution in [0.3, 0.4) is 0 Å². The molecule has 1 N–H and O–H groups in total. The zero-order chi connectivity index (χ0) is 9.53. The van der Waals surface area contributed by atoms with Crippen molar-refractivity contribution >= 4 is 5.91 Å². The first-order chi connectivity index (χ1) is 6.04. The van der Waals surface area contributed by atoms with Gasteiger partial charge in [0.1, 0.15) is 0 Å². The molecule has 3 rings (SSSR count). The Balaban J connectivity index is 2.07. The molecule has 0 radical (unpaired) electrons. The van der Waals surface area contributed by atoms with Crippen molar-refractivity contribution in [3.8, 4) is 0 Å². The van der Waals surface area contributed by atoms with Crippen LogP contribution in [0.2, 0.25) is 0 Å². The molecule has 0 aromatic heterocycles. The summed E-state index contributed by atoms with van der Waals surface area (Å²) in [7, 11) is 2.33. The Bertz CT molecular complexity index is 213. The molecule has 3 saturated heterocycles. The molecule has 3 nitrogen and oxygen atoms in total. The predicted molar refractivity (Wildman–Crippen MR) is 51.2 cm³/mol. The molecule has 0 unspecified atom stereocenters. The summed E-state index contributed by atoms with van der Waals surface area (Å²) < 4.78 is 1.22. The summed E-state index contributed by atoms with van der Waals surface area (Å²) >= 11 is 0. The van der Waals surface area contributed by atoms with E-state index >= 15 is 0 Å². The minimum atomic E-state index is 0.137. The Morgan fingerprint density at radius 1 is 1.23 bits per heavy atom. The number of hydrogen-bond acceptors (Lipinski definition) is 1. The van der Waals surface area contributed by atoms with Crippen LogP contribution < -0.4 is 5.32 Å². The summed E-state index contributed by atoms with van der Waals surface area (Å²) in [6.45, 7) is 5.34. The van der Waals surface area contributed by atoms with Gasteiger partial charge in [0.15, 0.2) is 0 Å². The molecule has 3 aliphatic heterocycles. The highest BCUT2D eigenvalue weighted by molar-refractivity contribution is 5.73. The van der Waals surface area contributed by atoms with Gasteiger partial charge >= 0.3 is 0 Å². The van der Waals surface area contributed by atoms with E-state index in [4.69, 9.17) is 0 Å². The maximum Gasteiger partial charge on any atom is 0.217 e. The van der Waals surface area contributed by atoms with Crippen LogP contribution in [0, 0.1) is 0 Å². The van der Waals surface area contributed by atoms with Gasteiger partial charge in [-0.25, -0.2) is 0 Å². The van der Waals surface area contributed by atoms with E-state index in [0.29, 0.717) is 0 Å². The first-order valence-corrected chi connectivity index (χ1v) is 5.16. The second-order valence-corrected chi connectivity index (χ2v) is 5.00. The lowest BCUT2D eigenvalue weighted by Gasteiger charge is -2.53. The molecule has 0 spiro atoms. The molecule has 13 heavy (non-hydrogen) atoms. The predicted octanol–water partition coefficient (Wildman–Crippen LogP) is 0.505. The number of fused-ring (bicyclic) bond motifs is 3. The number of amides is 1. The lowest BCUT2D eigenvalue weighted by molar-refractivity contribution is -0.925. The number of nitrogens with zero attached hydrogens (tertiary/aromatic N) is 1. The topological polar surface area (TPSA) is 29.1 Å². The third kappa shape index (κ3) is 1.57. The molecule has 74 valence electrons. The van der Waals surface area contributed by atoms with Gasteiger partial charge < -0.3 is 9.80 Å². The van der Waals surface area contributed by atoms with Crippen molar-refractivity contribution in [2.24, 2.45) is 0 Å². The Morgan fingerprint density at radius 2 is 1.69 bits per heavy atom. The average Bonchev–Trinajstić information content (AvgIpc) is 2.07. The maximum absolute atomic E-state index is 11.1. The van der Waals surface area contributed by atoms with Crippen molar-refractivity contribution in [3.05, 3.63) is 0 Å². The quantitative estimate of drug-likeness (QED) is 0.589. The maximum atomic E-state index is 11.1. The van der Waals surface area contributed by atoms with E-state index in [0.717, 1.165) is 0 Å². The van der Waals surface area contributed by atoms with E-state index in [1.54, 1.807) is 6.92 Å². The molecule has 3 heterocycles. The van der Waals surface area contributed by atoms with Crippen LogP contribution in [0.25, 0.3) is 0 Å². The lowest BCUT2D eigenvalue weighted by Crippen LogP contribution is -2.67. The molecule has 0 saturated carbocycles. The Hall–Kier alpha value is -0.570. The van der Waals surface area contributed by atoms with Crippen LogP contribution in [0.15, 0.2) is 0 Å². The Morgan fingerprint density at radius 3 is 2.08 bits per heavy atom. The van der Waals surface area contributed by atoms with E-state index in [2.05, 4.69) is 12.4 Å². The second kappa shape index (κ2) is 2.71. The monoisotopic (exact) mass is 183 g/mol. The highest BCUT2D eigenvalue weighted by Gasteiger charge is 2.47. The van der Waals surface area contributed by atoms with Gasteiger partial charge in [-0.1, -0.05) is 0 Å². The molecule has 2 bridgehead atoms. The fraction of sp³-hybridized carbons (Fsp3) is 0.900. The van der Waals surface area contributed by atoms with Crippen LogP contribution in [-0.2, 0) is 4.79 Å². The largest absolute Gasteiger partial charge is 0.350 e. The van der Waals surface area contributed by atoms with Gasteiger partial charge in [-0.3, -0.25) is 4.79 Å². The van der Waals surface area contributed by atoms with Crippen LogP contribution in [0.5, 0.6) is 0 Å². The average molecular weight is 183 g/mol. The van der Waals surface area contributed by atoms with Crippen molar-refractivity contribution in [2.45, 2.75) is 31.7 Å². The van der Waals surface area contributed by atoms with E-state index < -0.39 is 0 Å². The van der Waals surface area contributed by atoms with Gasteiger partial charge in [-0.05, 0) is 0 Å². The van der Waals surface area contributed by atoms with Gasteiger partial charge in [0.05, 0.1) is 32.2 Å². The fourth-order valence-corrected chi connectivity index (χ4v) is 2.72. The fourth-order valence-electron chi connectivity index (χ4n) is 2.72. The van der Waals surface area contributed by atoms with Gasteiger partial charge in [0.2, 0.25) is 5.91 Å². The van der Waals surface area contributed by atoms with E-state index in [1.807, 2.05) is 0 Å². The zero-order valence-electron chi connectivity index (χ0n) is 8.60. The molecule has 0 aromatic rings. The molecule has 3 aliphatic rings. The summed E-state index contributed by atoms with van der Waals surface area (Å²) in [4.78, 5) is 11.1. The highest BCUT2D eigenvalue weighted by atomic mass is 16.1. The van der Waals surface area contributed by atoms with Crippen molar-refractivity contribution in [1.29, 1.82) is 0 Å². The molecule has 1 amide bonds. The number of hydrogen-bond donors (Lipinski definition) is 1. The number of piperidine rings is 3. The lowest BCUT2D eigenvalue weighted by atomic mass is 9.78. The van der Waals surface area contributed by atoms with E-state index in [9.17, 15) is 4.79 Å². The van der Waals surface area contributed by atoms with Gasteiger partial charge in [-0.2, -0.15) is 0 Å². The highest BCUT2D eigenvalue weighted by Crippen LogP contribution is 2.35. The SMILES string of the molecule is CC(=O)NC12CC[N+](C)(CC1)CC2. The molecule has 0 aliphatic carbocycles. The van der Waals surface area contributed by atoms with Gasteiger partial charge in [0.25, 0.3) is 0 Å². The summed E-state index contributed by atoms with van der Waals surface area (Å²) in [6.07, 6.45) is 3.51. The van der Waals surface area contributed by atoms with Crippen molar-refractivity contribution in [2.75, 3.05) is 26.7 Å². The van der Waals surface area contributed by atoms with E-state index in [-0.39, 0.29) is 11.4 Å². The van der Waals surface area contributed by atoms with Crippen LogP contribution in [0.1, 0.15) is 26.2 Å². The number of carbonyl (C=O) groups is 1. The van der Waals surface area contributed by atoms with Gasteiger partial charge in [0, 0.05) is 26.2 Å².